The Morgan fingerprint density at radius 1 is 1.15 bits per heavy atom. The van der Waals surface area contributed by atoms with Crippen molar-refractivity contribution in [3.05, 3.63) is 65.4 Å². The quantitative estimate of drug-likeness (QED) is 0.249. The number of hydrogen-bond acceptors (Lipinski definition) is 10. The molecule has 0 bridgehead atoms. The summed E-state index contributed by atoms with van der Waals surface area (Å²) in [5.41, 5.74) is -0.615. The van der Waals surface area contributed by atoms with Gasteiger partial charge in [0.25, 0.3) is 5.91 Å². The Balaban J connectivity index is 1.87. The standard InChI is InChI=1S/C28H29N2O9P/c1-14(2)19-13-15-12-17(28(3)29-18-11-9-8-10-16(18)25(31)30(28)4)23-20(22(15)38-19)21(26(32)35-5)24(27(33)39-23)40(34,36-6)37-7/h8-13,21,24,29H,1H2,2-7H3/t21-,24+,28?/m0/s1. The SMILES string of the molecule is C=C(C)c1cc2cc(C3(C)Nc4ccccc4C(=O)N3C)c3c(c2o1)[C@H](C(=O)OC)[C@@H](P(=O)(OC)OC)C(=O)O3. The Bertz CT molecular complexity index is 1640. The minimum absolute atomic E-state index is 0.0282. The maximum absolute atomic E-state index is 13.6. The third-order valence-corrected chi connectivity index (χ3v) is 9.83. The van der Waals surface area contributed by atoms with Gasteiger partial charge in [0, 0.05) is 37.9 Å². The van der Waals surface area contributed by atoms with E-state index in [0.717, 1.165) is 21.3 Å². The molecule has 1 amide bonds. The minimum atomic E-state index is -4.23. The van der Waals surface area contributed by atoms with Crippen molar-refractivity contribution in [2.24, 2.45) is 0 Å². The lowest BCUT2D eigenvalue weighted by molar-refractivity contribution is -0.148. The van der Waals surface area contributed by atoms with Gasteiger partial charge in [-0.2, -0.15) is 0 Å². The third-order valence-electron chi connectivity index (χ3n) is 7.63. The van der Waals surface area contributed by atoms with Gasteiger partial charge in [0.2, 0.25) is 0 Å². The second-order valence-electron chi connectivity index (χ2n) is 9.85. The summed E-state index contributed by atoms with van der Waals surface area (Å²) in [5, 5.41) is 3.93. The number of nitrogens with zero attached hydrogens (tertiary/aromatic N) is 1. The predicted octanol–water partition coefficient (Wildman–Crippen LogP) is 4.87. The summed E-state index contributed by atoms with van der Waals surface area (Å²) in [6.45, 7) is 7.46. The number of esters is 2. The van der Waals surface area contributed by atoms with E-state index in [9.17, 15) is 18.9 Å². The van der Waals surface area contributed by atoms with E-state index in [1.54, 1.807) is 57.3 Å². The van der Waals surface area contributed by atoms with Crippen molar-refractivity contribution in [2.75, 3.05) is 33.7 Å². The lowest BCUT2D eigenvalue weighted by atomic mass is 9.84. The number of hydrogen-bond donors (Lipinski definition) is 1. The maximum atomic E-state index is 13.6. The van der Waals surface area contributed by atoms with Gasteiger partial charge in [-0.3, -0.25) is 18.9 Å². The summed E-state index contributed by atoms with van der Waals surface area (Å²) in [6, 6.07) is 10.5. The molecule has 0 saturated heterocycles. The number of anilines is 1. The van der Waals surface area contributed by atoms with Gasteiger partial charge in [0.1, 0.15) is 28.7 Å². The molecule has 40 heavy (non-hydrogen) atoms. The first-order valence-electron chi connectivity index (χ1n) is 12.3. The number of fused-ring (bicyclic) bond motifs is 4. The van der Waals surface area contributed by atoms with Crippen LogP contribution in [0, 0.1) is 0 Å². The summed E-state index contributed by atoms with van der Waals surface area (Å²) >= 11 is 0. The molecule has 0 fully saturated rings. The van der Waals surface area contributed by atoms with Crippen LogP contribution in [0.2, 0.25) is 0 Å². The fourth-order valence-electron chi connectivity index (χ4n) is 5.35. The Hall–Kier alpha value is -3.92. The lowest BCUT2D eigenvalue weighted by Crippen LogP contribution is -2.54. The zero-order valence-electron chi connectivity index (χ0n) is 22.9. The monoisotopic (exact) mass is 568 g/mol. The van der Waals surface area contributed by atoms with E-state index < -0.39 is 36.8 Å². The average Bonchev–Trinajstić information content (AvgIpc) is 3.39. The number of para-hydroxylation sites is 1. The van der Waals surface area contributed by atoms with Crippen molar-refractivity contribution in [3.8, 4) is 5.75 Å². The van der Waals surface area contributed by atoms with Crippen LogP contribution in [-0.4, -0.2) is 56.8 Å². The van der Waals surface area contributed by atoms with Gasteiger partial charge in [0.05, 0.1) is 18.2 Å². The second kappa shape index (κ2) is 9.62. The molecule has 2 aliphatic rings. The Morgan fingerprint density at radius 2 is 1.82 bits per heavy atom. The number of carbonyl (C=O) groups is 3. The third kappa shape index (κ3) is 3.88. The normalized spacial score (nSPS) is 22.3. The molecular formula is C28H29N2O9P. The molecule has 0 spiro atoms. The molecular weight excluding hydrogens is 539 g/mol. The van der Waals surface area contributed by atoms with Crippen LogP contribution in [-0.2, 0) is 33.6 Å². The Labute approximate surface area is 230 Å². The van der Waals surface area contributed by atoms with Crippen LogP contribution in [0.3, 0.4) is 0 Å². The minimum Gasteiger partial charge on any atom is -0.469 e. The van der Waals surface area contributed by atoms with E-state index >= 15 is 0 Å². The zero-order valence-corrected chi connectivity index (χ0v) is 23.8. The van der Waals surface area contributed by atoms with Crippen LogP contribution in [0.5, 0.6) is 5.75 Å². The van der Waals surface area contributed by atoms with Gasteiger partial charge in [0.15, 0.2) is 5.66 Å². The first kappa shape index (κ1) is 27.6. The number of carbonyl (C=O) groups excluding carboxylic acids is 3. The fraction of sp³-hybridized carbons (Fsp3) is 0.321. The van der Waals surface area contributed by atoms with Crippen molar-refractivity contribution < 1.29 is 41.9 Å². The lowest BCUT2D eigenvalue weighted by Gasteiger charge is -2.46. The smallest absolute Gasteiger partial charge is 0.345 e. The fourth-order valence-corrected chi connectivity index (χ4v) is 6.91. The number of benzene rings is 2. The van der Waals surface area contributed by atoms with Crippen molar-refractivity contribution >= 4 is 47.7 Å². The van der Waals surface area contributed by atoms with Crippen LogP contribution >= 0.6 is 7.60 Å². The van der Waals surface area contributed by atoms with Crippen LogP contribution in [0.4, 0.5) is 5.69 Å². The Kier molecular flexibility index (Phi) is 6.65. The van der Waals surface area contributed by atoms with E-state index in [0.29, 0.717) is 33.5 Å². The molecule has 3 heterocycles. The van der Waals surface area contributed by atoms with Crippen LogP contribution < -0.4 is 10.1 Å². The average molecular weight is 569 g/mol. The molecule has 1 aromatic heterocycles. The van der Waals surface area contributed by atoms with E-state index in [2.05, 4.69) is 11.9 Å². The first-order chi connectivity index (χ1) is 18.9. The number of rotatable bonds is 6. The van der Waals surface area contributed by atoms with Crippen LogP contribution in [0.25, 0.3) is 16.5 Å². The number of furan rings is 1. The molecule has 210 valence electrons. The van der Waals surface area contributed by atoms with Crippen molar-refractivity contribution in [3.63, 3.8) is 0 Å². The highest BCUT2D eigenvalue weighted by atomic mass is 31.2. The molecule has 1 N–H and O–H groups in total. The number of amides is 1. The molecule has 2 aromatic carbocycles. The number of methoxy groups -OCH3 is 1. The number of nitrogens with one attached hydrogen (secondary N) is 1. The summed E-state index contributed by atoms with van der Waals surface area (Å²) in [7, 11) is 0.774. The van der Waals surface area contributed by atoms with Gasteiger partial charge in [-0.05, 0) is 43.7 Å². The first-order valence-corrected chi connectivity index (χ1v) is 14.0. The molecule has 3 atom stereocenters. The number of allylic oxidation sites excluding steroid dienone is 1. The molecule has 2 aliphatic heterocycles. The molecule has 0 radical (unpaired) electrons. The van der Waals surface area contributed by atoms with E-state index in [4.69, 9.17) is 22.9 Å². The van der Waals surface area contributed by atoms with Crippen molar-refractivity contribution in [1.29, 1.82) is 0 Å². The summed E-state index contributed by atoms with van der Waals surface area (Å²) in [4.78, 5) is 41.9. The second-order valence-corrected chi connectivity index (χ2v) is 12.2. The largest absolute Gasteiger partial charge is 0.469 e. The Morgan fingerprint density at radius 3 is 2.45 bits per heavy atom. The predicted molar refractivity (Wildman–Crippen MR) is 146 cm³/mol. The van der Waals surface area contributed by atoms with Crippen LogP contribution in [0.1, 0.15) is 47.0 Å². The van der Waals surface area contributed by atoms with Gasteiger partial charge in [-0.1, -0.05) is 18.7 Å². The molecule has 12 heteroatoms. The van der Waals surface area contributed by atoms with Crippen molar-refractivity contribution in [2.45, 2.75) is 31.1 Å². The summed E-state index contributed by atoms with van der Waals surface area (Å²) in [6.07, 6.45) is 0. The summed E-state index contributed by atoms with van der Waals surface area (Å²) < 4.78 is 41.0. The van der Waals surface area contributed by atoms with Gasteiger partial charge in [-0.25, -0.2) is 0 Å². The van der Waals surface area contributed by atoms with E-state index in [1.807, 2.05) is 0 Å². The highest BCUT2D eigenvalue weighted by Crippen LogP contribution is 2.61. The zero-order chi connectivity index (χ0) is 29.1. The topological polar surface area (TPSA) is 134 Å². The molecule has 0 aliphatic carbocycles. The molecule has 11 nitrogen and oxygen atoms in total. The number of ether oxygens (including phenoxy) is 2. The highest BCUT2D eigenvalue weighted by molar-refractivity contribution is 7.55. The summed E-state index contributed by atoms with van der Waals surface area (Å²) in [5.74, 6) is -3.26. The molecule has 0 saturated carbocycles. The van der Waals surface area contributed by atoms with Gasteiger partial charge >= 0.3 is 19.5 Å². The van der Waals surface area contributed by atoms with Crippen molar-refractivity contribution in [1.82, 2.24) is 4.90 Å². The van der Waals surface area contributed by atoms with Gasteiger partial charge < -0.3 is 33.2 Å². The van der Waals surface area contributed by atoms with E-state index in [-0.39, 0.29) is 22.8 Å². The molecule has 5 rings (SSSR count). The van der Waals surface area contributed by atoms with Gasteiger partial charge in [-0.15, -0.1) is 0 Å². The van der Waals surface area contributed by atoms with E-state index in [1.165, 1.54) is 4.90 Å². The maximum Gasteiger partial charge on any atom is 0.345 e. The molecule has 1 unspecified atom stereocenters. The molecule has 3 aromatic rings. The van der Waals surface area contributed by atoms with Crippen LogP contribution in [0.15, 0.2) is 47.4 Å². The highest BCUT2D eigenvalue weighted by Gasteiger charge is 2.57.